The largest absolute Gasteiger partial charge is 0.618 e. The van der Waals surface area contributed by atoms with E-state index in [-0.39, 0.29) is 11.7 Å². The van der Waals surface area contributed by atoms with Gasteiger partial charge in [-0.3, -0.25) is 4.79 Å². The van der Waals surface area contributed by atoms with Gasteiger partial charge in [-0.25, -0.2) is 0 Å². The van der Waals surface area contributed by atoms with Crippen molar-refractivity contribution in [1.29, 1.82) is 0 Å². The van der Waals surface area contributed by atoms with Crippen LogP contribution in [0.2, 0.25) is 5.02 Å². The van der Waals surface area contributed by atoms with Crippen molar-refractivity contribution in [3.05, 3.63) is 64.1 Å². The number of ether oxygens (including phenoxy) is 1. The van der Waals surface area contributed by atoms with Gasteiger partial charge in [-0.1, -0.05) is 25.4 Å². The van der Waals surface area contributed by atoms with E-state index < -0.39 is 5.91 Å². The van der Waals surface area contributed by atoms with E-state index in [1.165, 1.54) is 12.3 Å². The first-order valence-corrected chi connectivity index (χ1v) is 8.12. The van der Waals surface area contributed by atoms with E-state index in [9.17, 15) is 10.0 Å². The second-order valence-electron chi connectivity index (χ2n) is 5.95. The zero-order valence-corrected chi connectivity index (χ0v) is 14.7. The van der Waals surface area contributed by atoms with Crippen LogP contribution in [0.15, 0.2) is 42.6 Å². The summed E-state index contributed by atoms with van der Waals surface area (Å²) in [5.41, 5.74) is 0.840. The fourth-order valence-corrected chi connectivity index (χ4v) is 2.73. The summed E-state index contributed by atoms with van der Waals surface area (Å²) in [6.45, 7) is 4.12. The van der Waals surface area contributed by atoms with Gasteiger partial charge in [-0.05, 0) is 36.6 Å². The van der Waals surface area contributed by atoms with Gasteiger partial charge in [0.25, 0.3) is 5.69 Å². The third-order valence-corrected chi connectivity index (χ3v) is 3.87. The first-order chi connectivity index (χ1) is 11.4. The average Bonchev–Trinajstić information content (AvgIpc) is 2.54. The number of aromatic nitrogens is 1. The normalized spacial score (nSPS) is 12.0. The lowest BCUT2D eigenvalue weighted by Gasteiger charge is -2.23. The highest BCUT2D eigenvalue weighted by Gasteiger charge is 2.24. The molecule has 1 amide bonds. The van der Waals surface area contributed by atoms with Crippen molar-refractivity contribution < 1.29 is 14.3 Å². The Morgan fingerprint density at radius 3 is 2.71 bits per heavy atom. The Balaban J connectivity index is 2.34. The minimum Gasteiger partial charge on any atom is -0.618 e. The number of pyridine rings is 1. The maximum Gasteiger partial charge on any atom is 0.317 e. The number of carbonyl (C=O) groups is 1. The standard InChI is InChI=1S/C18H21ClN2O3/c1-12(2)10-15(14-11-13(19)7-8-17(14)24-3)20-18(22)16-6-4-5-9-21(16)23/h4-9,11-12,15H,10H2,1-3H3,(H,20,22)/t15-/m0/s1. The lowest BCUT2D eigenvalue weighted by atomic mass is 9.96. The first-order valence-electron chi connectivity index (χ1n) is 7.75. The van der Waals surface area contributed by atoms with Crippen LogP contribution in [0.3, 0.4) is 0 Å². The Morgan fingerprint density at radius 1 is 1.33 bits per heavy atom. The average molecular weight is 349 g/mol. The summed E-state index contributed by atoms with van der Waals surface area (Å²) in [5.74, 6) is 0.542. The Kier molecular flexibility index (Phi) is 6.04. The van der Waals surface area contributed by atoms with Crippen LogP contribution in [0.1, 0.15) is 42.4 Å². The predicted molar refractivity (Wildman–Crippen MR) is 93.1 cm³/mol. The second kappa shape index (κ2) is 8.02. The number of amides is 1. The van der Waals surface area contributed by atoms with Gasteiger partial charge >= 0.3 is 5.91 Å². The van der Waals surface area contributed by atoms with Gasteiger partial charge in [0, 0.05) is 22.7 Å². The lowest BCUT2D eigenvalue weighted by molar-refractivity contribution is -0.607. The zero-order valence-electron chi connectivity index (χ0n) is 14.0. The molecule has 0 saturated carbocycles. The van der Waals surface area contributed by atoms with Crippen molar-refractivity contribution in [3.8, 4) is 5.75 Å². The summed E-state index contributed by atoms with van der Waals surface area (Å²) in [7, 11) is 1.57. The zero-order chi connectivity index (χ0) is 17.7. The summed E-state index contributed by atoms with van der Waals surface area (Å²) < 4.78 is 5.95. The molecule has 1 N–H and O–H groups in total. The molecule has 0 fully saturated rings. The van der Waals surface area contributed by atoms with Crippen molar-refractivity contribution in [1.82, 2.24) is 5.32 Å². The molecule has 6 heteroatoms. The van der Waals surface area contributed by atoms with Crippen LogP contribution in [0.5, 0.6) is 5.75 Å². The van der Waals surface area contributed by atoms with E-state index >= 15 is 0 Å². The number of nitrogens with one attached hydrogen (secondary N) is 1. The predicted octanol–water partition coefficient (Wildman–Crippen LogP) is 3.50. The van der Waals surface area contributed by atoms with Crippen molar-refractivity contribution in [2.45, 2.75) is 26.3 Å². The lowest BCUT2D eigenvalue weighted by Crippen LogP contribution is -2.40. The summed E-state index contributed by atoms with van der Waals surface area (Å²) in [6, 6.07) is 9.70. The van der Waals surface area contributed by atoms with Crippen LogP contribution in [-0.4, -0.2) is 13.0 Å². The molecule has 0 saturated heterocycles. The van der Waals surface area contributed by atoms with Gasteiger partial charge in [-0.15, -0.1) is 0 Å². The molecule has 2 rings (SSSR count). The number of methoxy groups -OCH3 is 1. The smallest absolute Gasteiger partial charge is 0.317 e. The Hall–Kier alpha value is -2.27. The summed E-state index contributed by atoms with van der Waals surface area (Å²) >= 11 is 6.11. The third-order valence-electron chi connectivity index (χ3n) is 3.64. The van der Waals surface area contributed by atoms with Crippen molar-refractivity contribution in [2.75, 3.05) is 7.11 Å². The van der Waals surface area contributed by atoms with Crippen molar-refractivity contribution in [2.24, 2.45) is 5.92 Å². The third kappa shape index (κ3) is 4.38. The molecule has 1 atom stereocenters. The fourth-order valence-electron chi connectivity index (χ4n) is 2.55. The number of carbonyl (C=O) groups excluding carboxylic acids is 1. The summed E-state index contributed by atoms with van der Waals surface area (Å²) in [5, 5.41) is 15.3. The molecule has 24 heavy (non-hydrogen) atoms. The van der Waals surface area contributed by atoms with E-state index in [2.05, 4.69) is 19.2 Å². The molecule has 0 radical (unpaired) electrons. The van der Waals surface area contributed by atoms with Gasteiger partial charge in [-0.2, -0.15) is 4.73 Å². The molecule has 1 heterocycles. The quantitative estimate of drug-likeness (QED) is 0.641. The maximum absolute atomic E-state index is 12.5. The Labute approximate surface area is 146 Å². The highest BCUT2D eigenvalue weighted by molar-refractivity contribution is 6.30. The maximum atomic E-state index is 12.5. The molecule has 0 unspecified atom stereocenters. The van der Waals surface area contributed by atoms with Crippen LogP contribution in [0.25, 0.3) is 0 Å². The number of rotatable bonds is 6. The number of benzene rings is 1. The van der Waals surface area contributed by atoms with Crippen LogP contribution in [0.4, 0.5) is 0 Å². The molecule has 0 bridgehead atoms. The van der Waals surface area contributed by atoms with Crippen LogP contribution in [0, 0.1) is 11.1 Å². The van der Waals surface area contributed by atoms with Gasteiger partial charge in [0.1, 0.15) is 5.75 Å². The van der Waals surface area contributed by atoms with E-state index in [0.29, 0.717) is 27.8 Å². The van der Waals surface area contributed by atoms with E-state index in [4.69, 9.17) is 16.3 Å². The van der Waals surface area contributed by atoms with Crippen molar-refractivity contribution >= 4 is 17.5 Å². The number of halogens is 1. The fraction of sp³-hybridized carbons (Fsp3) is 0.333. The molecule has 2 aromatic rings. The Morgan fingerprint density at radius 2 is 2.08 bits per heavy atom. The summed E-state index contributed by atoms with van der Waals surface area (Å²) in [4.78, 5) is 12.5. The summed E-state index contributed by atoms with van der Waals surface area (Å²) in [6.07, 6.45) is 1.99. The number of hydrogen-bond acceptors (Lipinski definition) is 3. The minimum absolute atomic E-state index is 0.0484. The second-order valence-corrected chi connectivity index (χ2v) is 6.39. The molecule has 0 aliphatic heterocycles. The molecule has 0 aliphatic carbocycles. The molecule has 0 spiro atoms. The van der Waals surface area contributed by atoms with E-state index in [0.717, 1.165) is 5.56 Å². The Bertz CT molecular complexity index is 719. The van der Waals surface area contributed by atoms with Gasteiger partial charge in [0.05, 0.1) is 13.2 Å². The highest BCUT2D eigenvalue weighted by atomic mass is 35.5. The monoisotopic (exact) mass is 348 g/mol. The van der Waals surface area contributed by atoms with Crippen LogP contribution in [-0.2, 0) is 0 Å². The van der Waals surface area contributed by atoms with Crippen LogP contribution >= 0.6 is 11.6 Å². The van der Waals surface area contributed by atoms with E-state index in [1.54, 1.807) is 37.4 Å². The van der Waals surface area contributed by atoms with Gasteiger partial charge in [0.15, 0.2) is 6.20 Å². The first kappa shape index (κ1) is 18.1. The molecule has 1 aromatic carbocycles. The van der Waals surface area contributed by atoms with E-state index in [1.807, 2.05) is 0 Å². The molecular formula is C18H21ClN2O3. The number of nitrogens with zero attached hydrogens (tertiary/aromatic N) is 1. The molecular weight excluding hydrogens is 328 g/mol. The molecule has 0 aliphatic rings. The number of hydrogen-bond donors (Lipinski definition) is 1. The minimum atomic E-state index is -0.432. The van der Waals surface area contributed by atoms with Gasteiger partial charge < -0.3 is 15.3 Å². The SMILES string of the molecule is COc1ccc(Cl)cc1[C@H](CC(C)C)NC(=O)c1cccc[n+]1[O-]. The van der Waals surface area contributed by atoms with Crippen LogP contribution < -0.4 is 14.8 Å². The highest BCUT2D eigenvalue weighted by Crippen LogP contribution is 2.32. The molecule has 128 valence electrons. The van der Waals surface area contributed by atoms with Crippen molar-refractivity contribution in [3.63, 3.8) is 0 Å². The molecule has 5 nitrogen and oxygen atoms in total. The topological polar surface area (TPSA) is 65.3 Å². The molecule has 1 aromatic heterocycles. The van der Waals surface area contributed by atoms with Gasteiger partial charge in [0.2, 0.25) is 0 Å².